The van der Waals surface area contributed by atoms with E-state index in [0.29, 0.717) is 5.56 Å². The third kappa shape index (κ3) is 4.66. The summed E-state index contributed by atoms with van der Waals surface area (Å²) in [6.07, 6.45) is 0. The molecule has 1 N–H and O–H groups in total. The van der Waals surface area contributed by atoms with Crippen LogP contribution >= 0.6 is 0 Å². The molecule has 0 spiro atoms. The van der Waals surface area contributed by atoms with Crippen molar-refractivity contribution < 1.29 is 13.2 Å². The largest absolute Gasteiger partial charge is 0.311 e. The highest BCUT2D eigenvalue weighted by atomic mass is 32.2. The summed E-state index contributed by atoms with van der Waals surface area (Å²) in [7, 11) is -1.49. The van der Waals surface area contributed by atoms with E-state index in [4.69, 9.17) is 0 Å². The van der Waals surface area contributed by atoms with Gasteiger partial charge in [0.1, 0.15) is 0 Å². The maximum atomic E-state index is 12.5. The number of carbonyl (C=O) groups excluding carboxylic acids is 1. The minimum Gasteiger partial charge on any atom is -0.311 e. The van der Waals surface area contributed by atoms with E-state index in [0.717, 1.165) is 16.8 Å². The van der Waals surface area contributed by atoms with E-state index in [1.165, 1.54) is 0 Å². The molecular weight excluding hydrogens is 324 g/mol. The molecular formula is C18H22N2O3S. The van der Waals surface area contributed by atoms with E-state index in [9.17, 15) is 13.2 Å². The normalized spacial score (nSPS) is 11.3. The summed E-state index contributed by atoms with van der Waals surface area (Å²) < 4.78 is 25.4. The van der Waals surface area contributed by atoms with Crippen LogP contribution in [0.3, 0.4) is 0 Å². The lowest BCUT2D eigenvalue weighted by molar-refractivity contribution is 0.0993. The van der Waals surface area contributed by atoms with E-state index < -0.39 is 10.0 Å². The fraction of sp³-hybridized carbons (Fsp3) is 0.278. The van der Waals surface area contributed by atoms with E-state index in [1.807, 2.05) is 31.2 Å². The van der Waals surface area contributed by atoms with E-state index in [-0.39, 0.29) is 18.2 Å². The van der Waals surface area contributed by atoms with Gasteiger partial charge in [0.25, 0.3) is 5.91 Å². The minimum atomic E-state index is -3.22. The average Bonchev–Trinajstić information content (AvgIpc) is 2.59. The van der Waals surface area contributed by atoms with Crippen molar-refractivity contribution in [2.75, 3.05) is 17.7 Å². The summed E-state index contributed by atoms with van der Waals surface area (Å²) in [5.74, 6) is -0.0634. The fourth-order valence-electron chi connectivity index (χ4n) is 2.21. The number of amides is 1. The molecule has 5 nitrogen and oxygen atoms in total. The lowest BCUT2D eigenvalue weighted by atomic mass is 10.1. The second kappa shape index (κ2) is 7.59. The van der Waals surface area contributed by atoms with Crippen molar-refractivity contribution in [2.24, 2.45) is 0 Å². The van der Waals surface area contributed by atoms with Crippen molar-refractivity contribution in [1.82, 2.24) is 4.72 Å². The van der Waals surface area contributed by atoms with Crippen molar-refractivity contribution in [2.45, 2.75) is 20.4 Å². The zero-order valence-corrected chi connectivity index (χ0v) is 14.9. The van der Waals surface area contributed by atoms with Gasteiger partial charge < -0.3 is 4.90 Å². The average molecular weight is 346 g/mol. The molecule has 0 heterocycles. The van der Waals surface area contributed by atoms with Crippen LogP contribution in [0.25, 0.3) is 0 Å². The van der Waals surface area contributed by atoms with E-state index in [2.05, 4.69) is 4.72 Å². The van der Waals surface area contributed by atoms with Crippen molar-refractivity contribution >= 4 is 21.6 Å². The van der Waals surface area contributed by atoms with Crippen LogP contribution in [0.1, 0.15) is 28.4 Å². The van der Waals surface area contributed by atoms with Crippen LogP contribution < -0.4 is 9.62 Å². The Morgan fingerprint density at radius 2 is 1.79 bits per heavy atom. The van der Waals surface area contributed by atoms with Gasteiger partial charge in [-0.05, 0) is 49.2 Å². The maximum Gasteiger partial charge on any atom is 0.258 e. The molecule has 2 rings (SSSR count). The maximum absolute atomic E-state index is 12.5. The number of nitrogens with zero attached hydrogens (tertiary/aromatic N) is 1. The highest BCUT2D eigenvalue weighted by Gasteiger charge is 2.13. The molecule has 6 heteroatoms. The second-order valence-electron chi connectivity index (χ2n) is 5.62. The molecule has 0 saturated carbocycles. The number of carbonyl (C=O) groups is 1. The topological polar surface area (TPSA) is 66.5 Å². The van der Waals surface area contributed by atoms with E-state index in [1.54, 1.807) is 43.1 Å². The van der Waals surface area contributed by atoms with Gasteiger partial charge in [-0.2, -0.15) is 0 Å². The number of hydrogen-bond donors (Lipinski definition) is 1. The molecule has 2 aromatic rings. The lowest BCUT2D eigenvalue weighted by Crippen LogP contribution is -2.26. The predicted molar refractivity (Wildman–Crippen MR) is 96.7 cm³/mol. The highest BCUT2D eigenvalue weighted by molar-refractivity contribution is 7.89. The number of nitrogens with one attached hydrogen (secondary N) is 1. The first-order valence-corrected chi connectivity index (χ1v) is 9.38. The van der Waals surface area contributed by atoms with Crippen molar-refractivity contribution in [3.05, 3.63) is 65.2 Å². The monoisotopic (exact) mass is 346 g/mol. The Labute approximate surface area is 143 Å². The van der Waals surface area contributed by atoms with Crippen LogP contribution in [-0.4, -0.2) is 27.1 Å². The summed E-state index contributed by atoms with van der Waals surface area (Å²) >= 11 is 0. The Balaban J connectivity index is 2.08. The number of anilines is 1. The van der Waals surface area contributed by atoms with Gasteiger partial charge in [-0.25, -0.2) is 13.1 Å². The number of sulfonamides is 1. The van der Waals surface area contributed by atoms with Gasteiger partial charge in [0.15, 0.2) is 0 Å². The van der Waals surface area contributed by atoms with Crippen LogP contribution in [0.5, 0.6) is 0 Å². The van der Waals surface area contributed by atoms with E-state index >= 15 is 0 Å². The Morgan fingerprint density at radius 3 is 2.38 bits per heavy atom. The third-order valence-corrected chi connectivity index (χ3v) is 5.11. The molecule has 1 amide bonds. The first kappa shape index (κ1) is 18.2. The molecule has 0 bridgehead atoms. The number of hydrogen-bond acceptors (Lipinski definition) is 3. The number of benzene rings is 2. The zero-order valence-electron chi connectivity index (χ0n) is 14.1. The van der Waals surface area contributed by atoms with Gasteiger partial charge in [0, 0.05) is 24.8 Å². The number of rotatable bonds is 6. The molecule has 2 aromatic carbocycles. The molecule has 0 radical (unpaired) electrons. The lowest BCUT2D eigenvalue weighted by Gasteiger charge is -2.18. The van der Waals surface area contributed by atoms with Gasteiger partial charge in [-0.3, -0.25) is 4.79 Å². The smallest absolute Gasteiger partial charge is 0.258 e. The summed E-state index contributed by atoms with van der Waals surface area (Å²) in [5, 5.41) is 0. The van der Waals surface area contributed by atoms with Gasteiger partial charge in [-0.15, -0.1) is 0 Å². The van der Waals surface area contributed by atoms with Gasteiger partial charge >= 0.3 is 0 Å². The summed E-state index contributed by atoms with van der Waals surface area (Å²) in [6.45, 7) is 3.79. The Bertz CT molecular complexity index is 814. The van der Waals surface area contributed by atoms with Gasteiger partial charge in [0.05, 0.1) is 5.75 Å². The standard InChI is InChI=1S/C18H22N2O3S/c1-4-24(22,23)19-13-15-8-10-16(11-9-15)18(21)20(3)17-7-5-6-14(2)12-17/h5-12,19H,4,13H2,1-3H3. The molecule has 0 unspecified atom stereocenters. The zero-order chi connectivity index (χ0) is 17.7. The SMILES string of the molecule is CCS(=O)(=O)NCc1ccc(C(=O)N(C)c2cccc(C)c2)cc1. The fourth-order valence-corrected chi connectivity index (χ4v) is 2.80. The molecule has 0 aliphatic rings. The first-order valence-electron chi connectivity index (χ1n) is 7.73. The summed E-state index contributed by atoms with van der Waals surface area (Å²) in [6, 6.07) is 14.7. The first-order chi connectivity index (χ1) is 11.3. The van der Waals surface area contributed by atoms with Crippen molar-refractivity contribution in [3.63, 3.8) is 0 Å². The Kier molecular flexibility index (Phi) is 5.75. The molecule has 0 aliphatic heterocycles. The molecule has 128 valence electrons. The minimum absolute atomic E-state index is 0.0465. The molecule has 0 atom stereocenters. The molecule has 0 aliphatic carbocycles. The predicted octanol–water partition coefficient (Wildman–Crippen LogP) is 2.71. The highest BCUT2D eigenvalue weighted by Crippen LogP contribution is 2.17. The molecule has 0 saturated heterocycles. The quantitative estimate of drug-likeness (QED) is 0.874. The molecule has 24 heavy (non-hydrogen) atoms. The van der Waals surface area contributed by atoms with Crippen LogP contribution in [0, 0.1) is 6.92 Å². The molecule has 0 aromatic heterocycles. The molecule has 0 fully saturated rings. The van der Waals surface area contributed by atoms with Crippen molar-refractivity contribution in [1.29, 1.82) is 0 Å². The Hall–Kier alpha value is -2.18. The Morgan fingerprint density at radius 1 is 1.12 bits per heavy atom. The van der Waals surface area contributed by atoms with Crippen LogP contribution in [0.15, 0.2) is 48.5 Å². The van der Waals surface area contributed by atoms with Gasteiger partial charge in [0.2, 0.25) is 10.0 Å². The van der Waals surface area contributed by atoms with Crippen LogP contribution in [0.2, 0.25) is 0 Å². The van der Waals surface area contributed by atoms with Crippen molar-refractivity contribution in [3.8, 4) is 0 Å². The number of aryl methyl sites for hydroxylation is 1. The summed E-state index contributed by atoms with van der Waals surface area (Å²) in [5.41, 5.74) is 3.29. The summed E-state index contributed by atoms with van der Waals surface area (Å²) in [4.78, 5) is 14.1. The van der Waals surface area contributed by atoms with Gasteiger partial charge in [-0.1, -0.05) is 24.3 Å². The third-order valence-electron chi connectivity index (χ3n) is 3.77. The second-order valence-corrected chi connectivity index (χ2v) is 7.72. The van der Waals surface area contributed by atoms with Crippen LogP contribution in [-0.2, 0) is 16.6 Å². The van der Waals surface area contributed by atoms with Crippen LogP contribution in [0.4, 0.5) is 5.69 Å².